The summed E-state index contributed by atoms with van der Waals surface area (Å²) in [5, 5.41) is 9.33. The van der Waals surface area contributed by atoms with Crippen molar-refractivity contribution < 1.29 is 4.79 Å². The fraction of sp³-hybridized carbons (Fsp3) is 0.400. The lowest BCUT2D eigenvalue weighted by Gasteiger charge is -2.23. The van der Waals surface area contributed by atoms with E-state index in [1.54, 1.807) is 0 Å². The lowest BCUT2D eigenvalue weighted by Crippen LogP contribution is -2.42. The molecule has 2 aromatic rings. The van der Waals surface area contributed by atoms with Crippen LogP contribution >= 0.6 is 0 Å². The molecule has 1 aliphatic rings. The van der Waals surface area contributed by atoms with Crippen molar-refractivity contribution in [3.8, 4) is 0 Å². The average Bonchev–Trinajstić information content (AvgIpc) is 3.15. The highest BCUT2D eigenvalue weighted by Crippen LogP contribution is 2.20. The van der Waals surface area contributed by atoms with Gasteiger partial charge in [-0.05, 0) is 24.9 Å². The van der Waals surface area contributed by atoms with Crippen molar-refractivity contribution in [1.29, 1.82) is 0 Å². The molecule has 0 bridgehead atoms. The predicted molar refractivity (Wildman–Crippen MR) is 82.5 cm³/mol. The van der Waals surface area contributed by atoms with Gasteiger partial charge >= 0.3 is 0 Å². The van der Waals surface area contributed by atoms with Gasteiger partial charge in [0.1, 0.15) is 5.82 Å². The maximum absolute atomic E-state index is 12.4. The van der Waals surface area contributed by atoms with Crippen LogP contribution in [0.4, 0.5) is 5.95 Å². The molecule has 7 nitrogen and oxygen atoms in total. The third-order valence-corrected chi connectivity index (χ3v) is 3.87. The van der Waals surface area contributed by atoms with Crippen LogP contribution in [0.2, 0.25) is 0 Å². The Morgan fingerprint density at radius 2 is 2.23 bits per heavy atom. The van der Waals surface area contributed by atoms with Crippen molar-refractivity contribution in [2.45, 2.75) is 32.0 Å². The fourth-order valence-corrected chi connectivity index (χ4v) is 2.81. The summed E-state index contributed by atoms with van der Waals surface area (Å²) in [5.41, 5.74) is 6.67. The van der Waals surface area contributed by atoms with Crippen LogP contribution in [-0.4, -0.2) is 38.6 Å². The Kier molecular flexibility index (Phi) is 4.34. The molecule has 3 rings (SSSR count). The minimum Gasteiger partial charge on any atom is -0.367 e. The molecule has 0 aliphatic carbocycles. The predicted octanol–water partition coefficient (Wildman–Crippen LogP) is 0.668. The number of aromatic nitrogens is 3. The molecule has 1 aromatic carbocycles. The zero-order chi connectivity index (χ0) is 15.4. The van der Waals surface area contributed by atoms with Crippen LogP contribution in [0.25, 0.3) is 0 Å². The van der Waals surface area contributed by atoms with Crippen molar-refractivity contribution in [2.75, 3.05) is 12.3 Å². The van der Waals surface area contributed by atoms with Gasteiger partial charge in [-0.1, -0.05) is 30.3 Å². The molecule has 2 heterocycles. The number of H-pyrrole nitrogens is 1. The van der Waals surface area contributed by atoms with Crippen molar-refractivity contribution in [2.24, 2.45) is 0 Å². The summed E-state index contributed by atoms with van der Waals surface area (Å²) in [7, 11) is 0. The molecule has 7 heteroatoms. The lowest BCUT2D eigenvalue weighted by molar-refractivity contribution is -0.125. The van der Waals surface area contributed by atoms with Crippen LogP contribution in [0.5, 0.6) is 0 Å². The SMILES string of the molecule is Nc1n[nH]c(CNC(=O)C2CCCN2Cc2ccccc2)n1. The molecule has 0 saturated carbocycles. The first-order valence-electron chi connectivity index (χ1n) is 7.45. The largest absolute Gasteiger partial charge is 0.367 e. The Hall–Kier alpha value is -2.41. The molecule has 1 aromatic heterocycles. The number of carbonyl (C=O) groups is 1. The Balaban J connectivity index is 1.56. The Labute approximate surface area is 128 Å². The van der Waals surface area contributed by atoms with E-state index in [9.17, 15) is 4.79 Å². The highest BCUT2D eigenvalue weighted by molar-refractivity contribution is 5.81. The summed E-state index contributed by atoms with van der Waals surface area (Å²) in [6, 6.07) is 10.1. The van der Waals surface area contributed by atoms with Crippen molar-refractivity contribution in [3.63, 3.8) is 0 Å². The number of carbonyl (C=O) groups excluding carboxylic acids is 1. The first-order chi connectivity index (χ1) is 10.7. The Morgan fingerprint density at radius 3 is 2.95 bits per heavy atom. The van der Waals surface area contributed by atoms with E-state index >= 15 is 0 Å². The highest BCUT2D eigenvalue weighted by atomic mass is 16.2. The average molecular weight is 300 g/mol. The van der Waals surface area contributed by atoms with Gasteiger partial charge in [-0.2, -0.15) is 4.98 Å². The van der Waals surface area contributed by atoms with Gasteiger partial charge in [-0.15, -0.1) is 5.10 Å². The van der Waals surface area contributed by atoms with E-state index < -0.39 is 0 Å². The zero-order valence-electron chi connectivity index (χ0n) is 12.3. The number of nitrogens with zero attached hydrogens (tertiary/aromatic N) is 3. The van der Waals surface area contributed by atoms with Crippen molar-refractivity contribution >= 4 is 11.9 Å². The summed E-state index contributed by atoms with van der Waals surface area (Å²) in [6.45, 7) is 2.06. The highest BCUT2D eigenvalue weighted by Gasteiger charge is 2.30. The molecular weight excluding hydrogens is 280 g/mol. The van der Waals surface area contributed by atoms with Crippen molar-refractivity contribution in [1.82, 2.24) is 25.4 Å². The van der Waals surface area contributed by atoms with E-state index in [0.717, 1.165) is 25.9 Å². The second-order valence-electron chi connectivity index (χ2n) is 5.47. The molecule has 22 heavy (non-hydrogen) atoms. The number of hydrogen-bond acceptors (Lipinski definition) is 5. The van der Waals surface area contributed by atoms with E-state index in [0.29, 0.717) is 12.4 Å². The summed E-state index contributed by atoms with van der Waals surface area (Å²) in [4.78, 5) is 18.6. The Morgan fingerprint density at radius 1 is 1.41 bits per heavy atom. The number of nitrogen functional groups attached to an aromatic ring is 1. The van der Waals surface area contributed by atoms with Crippen LogP contribution in [0, 0.1) is 0 Å². The van der Waals surface area contributed by atoms with Gasteiger partial charge in [0.25, 0.3) is 0 Å². The van der Waals surface area contributed by atoms with Crippen molar-refractivity contribution in [3.05, 3.63) is 41.7 Å². The first-order valence-corrected chi connectivity index (χ1v) is 7.45. The number of rotatable bonds is 5. The number of hydrogen-bond donors (Lipinski definition) is 3. The smallest absolute Gasteiger partial charge is 0.239 e. The number of benzene rings is 1. The van der Waals surface area contributed by atoms with Crippen LogP contribution in [0.15, 0.2) is 30.3 Å². The van der Waals surface area contributed by atoms with E-state index in [4.69, 9.17) is 5.73 Å². The lowest BCUT2D eigenvalue weighted by atomic mass is 10.1. The molecule has 1 fully saturated rings. The normalized spacial score (nSPS) is 18.5. The second-order valence-corrected chi connectivity index (χ2v) is 5.47. The van der Waals surface area contributed by atoms with Gasteiger partial charge in [0.05, 0.1) is 12.6 Å². The number of amides is 1. The van der Waals surface area contributed by atoms with Gasteiger partial charge in [0.15, 0.2) is 0 Å². The third-order valence-electron chi connectivity index (χ3n) is 3.87. The molecule has 0 spiro atoms. The first kappa shape index (κ1) is 14.5. The standard InChI is InChI=1S/C15H20N6O/c16-15-18-13(19-20-15)9-17-14(22)12-7-4-8-21(12)10-11-5-2-1-3-6-11/h1-3,5-6,12H,4,7-10H2,(H,17,22)(H3,16,18,19,20). The zero-order valence-corrected chi connectivity index (χ0v) is 12.3. The van der Waals surface area contributed by atoms with Gasteiger partial charge in [-0.3, -0.25) is 14.8 Å². The summed E-state index contributed by atoms with van der Waals surface area (Å²) < 4.78 is 0. The Bertz CT molecular complexity index is 626. The molecule has 1 atom stereocenters. The molecular formula is C15H20N6O. The van der Waals surface area contributed by atoms with Gasteiger partial charge < -0.3 is 11.1 Å². The quantitative estimate of drug-likeness (QED) is 0.753. The van der Waals surface area contributed by atoms with Gasteiger partial charge in [0, 0.05) is 6.54 Å². The van der Waals surface area contributed by atoms with Crippen LogP contribution in [-0.2, 0) is 17.9 Å². The number of anilines is 1. The van der Waals surface area contributed by atoms with E-state index in [1.807, 2.05) is 18.2 Å². The summed E-state index contributed by atoms with van der Waals surface area (Å²) in [6.07, 6.45) is 1.93. The maximum atomic E-state index is 12.4. The molecule has 0 radical (unpaired) electrons. The van der Waals surface area contributed by atoms with Gasteiger partial charge in [-0.25, -0.2) is 0 Å². The monoisotopic (exact) mass is 300 g/mol. The fourth-order valence-electron chi connectivity index (χ4n) is 2.81. The number of nitrogens with two attached hydrogens (primary N) is 1. The number of nitrogens with one attached hydrogen (secondary N) is 2. The van der Waals surface area contributed by atoms with E-state index in [1.165, 1.54) is 5.56 Å². The van der Waals surface area contributed by atoms with Crippen LogP contribution in [0.1, 0.15) is 24.2 Å². The maximum Gasteiger partial charge on any atom is 0.239 e. The summed E-state index contributed by atoms with van der Waals surface area (Å²) >= 11 is 0. The van der Waals surface area contributed by atoms with E-state index in [-0.39, 0.29) is 17.9 Å². The topological polar surface area (TPSA) is 99.9 Å². The molecule has 1 saturated heterocycles. The molecule has 116 valence electrons. The molecule has 4 N–H and O–H groups in total. The van der Waals surface area contributed by atoms with E-state index in [2.05, 4.69) is 37.5 Å². The number of aromatic amines is 1. The van der Waals surface area contributed by atoms with Crippen LogP contribution in [0.3, 0.4) is 0 Å². The third kappa shape index (κ3) is 3.43. The molecule has 1 unspecified atom stereocenters. The second kappa shape index (κ2) is 6.57. The van der Waals surface area contributed by atoms with Crippen LogP contribution < -0.4 is 11.1 Å². The molecule has 1 amide bonds. The summed E-state index contributed by atoms with van der Waals surface area (Å²) in [5.74, 6) is 0.790. The van der Waals surface area contributed by atoms with Gasteiger partial charge in [0.2, 0.25) is 11.9 Å². The minimum atomic E-state index is -0.0829. The molecule has 1 aliphatic heterocycles. The number of likely N-dealkylation sites (tertiary alicyclic amines) is 1. The minimum absolute atomic E-state index is 0.0309.